The van der Waals surface area contributed by atoms with Crippen LogP contribution in [-0.4, -0.2) is 57.5 Å². The Morgan fingerprint density at radius 1 is 1.03 bits per heavy atom. The summed E-state index contributed by atoms with van der Waals surface area (Å²) >= 11 is 0. The molecule has 0 unspecified atom stereocenters. The highest BCUT2D eigenvalue weighted by Gasteiger charge is 2.28. The molecule has 0 bridgehead atoms. The van der Waals surface area contributed by atoms with E-state index in [2.05, 4.69) is 20.6 Å². The number of imidazole rings is 1. The maximum Gasteiger partial charge on any atom is 0.326 e. The fourth-order valence-electron chi connectivity index (χ4n) is 3.09. The Kier molecular flexibility index (Phi) is 9.66. The Bertz CT molecular complexity index is 828. The molecule has 0 aliphatic heterocycles. The molecule has 2 aromatic rings. The van der Waals surface area contributed by atoms with E-state index in [0.29, 0.717) is 31.5 Å². The summed E-state index contributed by atoms with van der Waals surface area (Å²) in [6.45, 7) is 0.452. The molecule has 0 saturated carbocycles. The van der Waals surface area contributed by atoms with Crippen molar-refractivity contribution in [2.24, 2.45) is 11.5 Å². The third kappa shape index (κ3) is 8.19. The van der Waals surface area contributed by atoms with Gasteiger partial charge in [-0.15, -0.1) is 0 Å². The van der Waals surface area contributed by atoms with Crippen molar-refractivity contribution in [3.63, 3.8) is 0 Å². The lowest BCUT2D eigenvalue weighted by Crippen LogP contribution is -2.55. The van der Waals surface area contributed by atoms with Gasteiger partial charge in [-0.3, -0.25) is 9.59 Å². The van der Waals surface area contributed by atoms with Crippen molar-refractivity contribution in [2.75, 3.05) is 6.54 Å². The number of aromatic nitrogens is 2. The first kappa shape index (κ1) is 24.0. The number of benzene rings is 1. The second-order valence-corrected chi connectivity index (χ2v) is 7.32. The molecule has 0 radical (unpaired) electrons. The van der Waals surface area contributed by atoms with Gasteiger partial charge in [-0.2, -0.15) is 0 Å². The van der Waals surface area contributed by atoms with Crippen molar-refractivity contribution in [1.82, 2.24) is 20.6 Å². The summed E-state index contributed by atoms with van der Waals surface area (Å²) in [6.07, 6.45) is 5.01. The zero-order valence-corrected chi connectivity index (χ0v) is 17.3. The van der Waals surface area contributed by atoms with Gasteiger partial charge in [0.05, 0.1) is 12.4 Å². The topological polar surface area (TPSA) is 176 Å². The highest BCUT2D eigenvalue weighted by molar-refractivity contribution is 5.91. The predicted octanol–water partition coefficient (Wildman–Crippen LogP) is -0.295. The van der Waals surface area contributed by atoms with Gasteiger partial charge in [0.15, 0.2) is 0 Å². The molecule has 1 aromatic carbocycles. The molecule has 8 N–H and O–H groups in total. The minimum atomic E-state index is -1.15. The molecule has 0 fully saturated rings. The van der Waals surface area contributed by atoms with Crippen molar-refractivity contribution in [1.29, 1.82) is 0 Å². The number of carbonyl (C=O) groups is 3. The lowest BCUT2D eigenvalue weighted by molar-refractivity contribution is -0.142. The lowest BCUT2D eigenvalue weighted by atomic mass is 10.0. The quantitative estimate of drug-likeness (QED) is 0.236. The van der Waals surface area contributed by atoms with E-state index in [9.17, 15) is 19.5 Å². The Morgan fingerprint density at radius 3 is 2.35 bits per heavy atom. The number of carbonyl (C=O) groups excluding carboxylic acids is 2. The number of amides is 2. The summed E-state index contributed by atoms with van der Waals surface area (Å²) in [5.74, 6) is -2.22. The molecule has 2 amide bonds. The molecule has 3 atom stereocenters. The van der Waals surface area contributed by atoms with Crippen LogP contribution in [0.4, 0.5) is 0 Å². The van der Waals surface area contributed by atoms with Crippen molar-refractivity contribution < 1.29 is 19.5 Å². The number of hydrogen-bond donors (Lipinski definition) is 6. The van der Waals surface area contributed by atoms with Crippen LogP contribution in [0.15, 0.2) is 42.9 Å². The van der Waals surface area contributed by atoms with Gasteiger partial charge < -0.3 is 32.2 Å². The molecule has 1 heterocycles. The van der Waals surface area contributed by atoms with Crippen molar-refractivity contribution in [3.8, 4) is 0 Å². The molecule has 0 spiro atoms. The van der Waals surface area contributed by atoms with Gasteiger partial charge in [0, 0.05) is 24.7 Å². The first-order valence-corrected chi connectivity index (χ1v) is 10.2. The molecule has 0 aliphatic carbocycles. The van der Waals surface area contributed by atoms with E-state index in [0.717, 1.165) is 5.56 Å². The summed E-state index contributed by atoms with van der Waals surface area (Å²) in [5.41, 5.74) is 13.0. The molecule has 31 heavy (non-hydrogen) atoms. The fourth-order valence-corrected chi connectivity index (χ4v) is 3.09. The molecule has 0 aliphatic rings. The third-order valence-corrected chi connectivity index (χ3v) is 4.81. The molecule has 2 rings (SSSR count). The molecule has 1 aromatic heterocycles. The van der Waals surface area contributed by atoms with Crippen LogP contribution in [0.2, 0.25) is 0 Å². The molecule has 0 saturated heterocycles. The van der Waals surface area contributed by atoms with Crippen LogP contribution in [0.3, 0.4) is 0 Å². The highest BCUT2D eigenvalue weighted by atomic mass is 16.4. The van der Waals surface area contributed by atoms with E-state index in [4.69, 9.17) is 11.5 Å². The van der Waals surface area contributed by atoms with E-state index in [-0.39, 0.29) is 12.8 Å². The van der Waals surface area contributed by atoms with Crippen LogP contribution in [0.25, 0.3) is 0 Å². The molecular formula is C21H30N6O4. The Morgan fingerprint density at radius 2 is 1.74 bits per heavy atom. The third-order valence-electron chi connectivity index (χ3n) is 4.81. The highest BCUT2D eigenvalue weighted by Crippen LogP contribution is 2.07. The number of nitrogens with one attached hydrogen (secondary N) is 3. The van der Waals surface area contributed by atoms with E-state index >= 15 is 0 Å². The van der Waals surface area contributed by atoms with E-state index < -0.39 is 35.9 Å². The zero-order chi connectivity index (χ0) is 22.6. The standard InChI is InChI=1S/C21H30N6O4/c22-9-5-4-8-17(26-19(28)16(23)11-15-12-24-13-25-15)20(29)27-18(21(30)31)10-14-6-2-1-3-7-14/h1-3,6-7,12-13,16-18H,4-5,8-11,22-23H2,(H,24,25)(H,26,28)(H,27,29)(H,30,31)/t16-,17-,18+/m1/s1. The summed E-state index contributed by atoms with van der Waals surface area (Å²) < 4.78 is 0. The van der Waals surface area contributed by atoms with Crippen LogP contribution in [0.5, 0.6) is 0 Å². The number of aromatic amines is 1. The summed E-state index contributed by atoms with van der Waals surface area (Å²) in [5, 5.41) is 14.7. The summed E-state index contributed by atoms with van der Waals surface area (Å²) in [4.78, 5) is 43.8. The predicted molar refractivity (Wildman–Crippen MR) is 115 cm³/mol. The number of hydrogen-bond acceptors (Lipinski definition) is 6. The van der Waals surface area contributed by atoms with Crippen molar-refractivity contribution in [3.05, 3.63) is 54.1 Å². The number of nitrogens with zero attached hydrogens (tertiary/aromatic N) is 1. The van der Waals surface area contributed by atoms with Crippen LogP contribution in [0.1, 0.15) is 30.5 Å². The number of H-pyrrole nitrogens is 1. The second kappa shape index (κ2) is 12.5. The van der Waals surface area contributed by atoms with Crippen molar-refractivity contribution in [2.45, 2.75) is 50.2 Å². The van der Waals surface area contributed by atoms with Gasteiger partial charge in [-0.25, -0.2) is 9.78 Å². The molecule has 10 heteroatoms. The zero-order valence-electron chi connectivity index (χ0n) is 17.3. The van der Waals surface area contributed by atoms with Gasteiger partial charge in [-0.05, 0) is 31.4 Å². The number of nitrogens with two attached hydrogens (primary N) is 2. The van der Waals surface area contributed by atoms with Gasteiger partial charge >= 0.3 is 5.97 Å². The first-order valence-electron chi connectivity index (χ1n) is 10.2. The smallest absolute Gasteiger partial charge is 0.326 e. The molecule has 168 valence electrons. The van der Waals surface area contributed by atoms with E-state index in [1.165, 1.54) is 6.33 Å². The monoisotopic (exact) mass is 430 g/mol. The summed E-state index contributed by atoms with van der Waals surface area (Å²) in [6, 6.07) is 6.08. The van der Waals surface area contributed by atoms with Gasteiger partial charge in [0.1, 0.15) is 12.1 Å². The Balaban J connectivity index is 2.02. The van der Waals surface area contributed by atoms with Gasteiger partial charge in [0.2, 0.25) is 11.8 Å². The summed E-state index contributed by atoms with van der Waals surface area (Å²) in [7, 11) is 0. The van der Waals surface area contributed by atoms with Crippen LogP contribution in [0, 0.1) is 0 Å². The van der Waals surface area contributed by atoms with E-state index in [1.807, 2.05) is 6.07 Å². The lowest BCUT2D eigenvalue weighted by Gasteiger charge is -2.23. The Labute approximate surface area is 180 Å². The minimum absolute atomic E-state index is 0.130. The maximum atomic E-state index is 12.8. The molecule has 10 nitrogen and oxygen atoms in total. The molecular weight excluding hydrogens is 400 g/mol. The number of carboxylic acid groups (broad SMARTS) is 1. The van der Waals surface area contributed by atoms with Crippen LogP contribution < -0.4 is 22.1 Å². The normalized spacial score (nSPS) is 13.7. The van der Waals surface area contributed by atoms with Gasteiger partial charge in [-0.1, -0.05) is 30.3 Å². The second-order valence-electron chi connectivity index (χ2n) is 7.32. The average Bonchev–Trinajstić information content (AvgIpc) is 3.26. The largest absolute Gasteiger partial charge is 0.480 e. The SMILES string of the molecule is NCCCC[C@@H](NC(=O)[C@H](N)Cc1cnc[nH]1)C(=O)N[C@@H](Cc1ccccc1)C(=O)O. The number of rotatable bonds is 13. The van der Waals surface area contributed by atoms with Crippen LogP contribution >= 0.6 is 0 Å². The fraction of sp³-hybridized carbons (Fsp3) is 0.429. The number of aliphatic carboxylic acids is 1. The van der Waals surface area contributed by atoms with Crippen LogP contribution in [-0.2, 0) is 27.2 Å². The Hall–Kier alpha value is -3.24. The van der Waals surface area contributed by atoms with Crippen molar-refractivity contribution >= 4 is 17.8 Å². The number of carboxylic acids is 1. The first-order chi connectivity index (χ1) is 14.9. The number of unbranched alkanes of at least 4 members (excludes halogenated alkanes) is 1. The van der Waals surface area contributed by atoms with Gasteiger partial charge in [0.25, 0.3) is 0 Å². The van der Waals surface area contributed by atoms with E-state index in [1.54, 1.807) is 30.5 Å². The minimum Gasteiger partial charge on any atom is -0.480 e. The maximum absolute atomic E-state index is 12.8. The average molecular weight is 431 g/mol.